The Balaban J connectivity index is 1.69. The summed E-state index contributed by atoms with van der Waals surface area (Å²) >= 11 is 0. The lowest BCUT2D eigenvalue weighted by Crippen LogP contribution is -1.80. The third-order valence-corrected chi connectivity index (χ3v) is 6.16. The van der Waals surface area contributed by atoms with Crippen LogP contribution in [0.1, 0.15) is 11.1 Å². The van der Waals surface area contributed by atoms with Crippen LogP contribution in [0.25, 0.3) is 54.9 Å². The van der Waals surface area contributed by atoms with Gasteiger partial charge in [-0.2, -0.15) is 0 Å². The predicted octanol–water partition coefficient (Wildman–Crippen LogP) is 5.06. The highest BCUT2D eigenvalue weighted by molar-refractivity contribution is 6.15. The van der Waals surface area contributed by atoms with Gasteiger partial charge in [-0.1, -0.05) is 12.1 Å². The quantitative estimate of drug-likeness (QED) is 0.378. The molecule has 4 heterocycles. The van der Waals surface area contributed by atoms with Crippen molar-refractivity contribution < 1.29 is 10.2 Å². The number of imidazole rings is 2. The summed E-state index contributed by atoms with van der Waals surface area (Å²) < 4.78 is 3.57. The van der Waals surface area contributed by atoms with Crippen molar-refractivity contribution in [3.8, 4) is 11.8 Å². The van der Waals surface area contributed by atoms with Crippen LogP contribution in [0.15, 0.2) is 48.5 Å². The molecule has 4 aromatic heterocycles. The lowest BCUT2D eigenvalue weighted by Gasteiger charge is -1.97. The van der Waals surface area contributed by atoms with Crippen LogP contribution in [0.4, 0.5) is 0 Å². The van der Waals surface area contributed by atoms with Gasteiger partial charge in [-0.3, -0.25) is 8.80 Å². The number of hydrogen-bond donors (Lipinski definition) is 2. The molecule has 0 radical (unpaired) electrons. The first-order valence-corrected chi connectivity index (χ1v) is 9.81. The molecule has 0 aliphatic heterocycles. The molecular weight excluding hydrogens is 376 g/mol. The van der Waals surface area contributed by atoms with Gasteiger partial charge in [0.2, 0.25) is 11.8 Å². The molecule has 6 heteroatoms. The number of benzene rings is 3. The van der Waals surface area contributed by atoms with Gasteiger partial charge in [0.1, 0.15) is 11.3 Å². The molecule has 7 rings (SSSR count). The second kappa shape index (κ2) is 4.91. The van der Waals surface area contributed by atoms with Gasteiger partial charge in [0, 0.05) is 21.5 Å². The average molecular weight is 392 g/mol. The zero-order chi connectivity index (χ0) is 20.3. The fraction of sp³-hybridized carbons (Fsp3) is 0.0833. The van der Waals surface area contributed by atoms with Gasteiger partial charge in [0.05, 0.1) is 22.1 Å². The molecule has 7 aromatic rings. The Bertz CT molecular complexity index is 1710. The first kappa shape index (κ1) is 15.8. The van der Waals surface area contributed by atoms with Crippen LogP contribution in [-0.4, -0.2) is 29.0 Å². The zero-order valence-electron chi connectivity index (χ0n) is 16.3. The van der Waals surface area contributed by atoms with Gasteiger partial charge in [-0.05, 0) is 61.4 Å². The second-order valence-electron chi connectivity index (χ2n) is 8.12. The Morgan fingerprint density at radius 2 is 1.03 bits per heavy atom. The minimum absolute atomic E-state index is 0.154. The van der Waals surface area contributed by atoms with Crippen molar-refractivity contribution in [1.82, 2.24) is 18.8 Å². The van der Waals surface area contributed by atoms with E-state index in [1.807, 2.05) is 62.4 Å². The van der Waals surface area contributed by atoms with E-state index in [1.54, 1.807) is 8.80 Å². The van der Waals surface area contributed by atoms with Crippen LogP contribution in [0.2, 0.25) is 0 Å². The van der Waals surface area contributed by atoms with Crippen molar-refractivity contribution in [3.63, 3.8) is 0 Å². The summed E-state index contributed by atoms with van der Waals surface area (Å²) in [6.07, 6.45) is 0. The number of nitrogens with zero attached hydrogens (tertiary/aromatic N) is 4. The summed E-state index contributed by atoms with van der Waals surface area (Å²) in [6.45, 7) is 4.04. The number of aryl methyl sites for hydroxylation is 2. The Labute approximate surface area is 169 Å². The number of aromatic nitrogens is 4. The summed E-state index contributed by atoms with van der Waals surface area (Å²) in [7, 11) is 0. The van der Waals surface area contributed by atoms with E-state index in [2.05, 4.69) is 0 Å². The number of rotatable bonds is 0. The van der Waals surface area contributed by atoms with Crippen molar-refractivity contribution in [2.75, 3.05) is 0 Å². The monoisotopic (exact) mass is 392 g/mol. The largest absolute Gasteiger partial charge is 0.494 e. The van der Waals surface area contributed by atoms with E-state index in [9.17, 15) is 10.2 Å². The highest BCUT2D eigenvalue weighted by atomic mass is 16.3. The fourth-order valence-electron chi connectivity index (χ4n) is 4.74. The van der Waals surface area contributed by atoms with Crippen LogP contribution in [0.5, 0.6) is 11.8 Å². The summed E-state index contributed by atoms with van der Waals surface area (Å²) in [4.78, 5) is 9.49. The maximum atomic E-state index is 11.1. The maximum Gasteiger partial charge on any atom is 0.205 e. The molecule has 2 N–H and O–H groups in total. The standard InChI is InChI=1S/C24H16N4O2/c1-11-3-5-17-19(7-11)27-21(25-17)13-9-16-14(10-15(13)23(27)29)22-26-18-6-4-12(2)8-20(18)28(22)24(16)30/h3-10,29-30H,1-2H3. The van der Waals surface area contributed by atoms with Crippen LogP contribution < -0.4 is 0 Å². The smallest absolute Gasteiger partial charge is 0.205 e. The van der Waals surface area contributed by atoms with Crippen molar-refractivity contribution in [1.29, 1.82) is 0 Å². The normalized spacial score (nSPS) is 12.6. The Morgan fingerprint density at radius 1 is 0.600 bits per heavy atom. The highest BCUT2D eigenvalue weighted by Gasteiger charge is 2.22. The molecule has 0 saturated carbocycles. The highest BCUT2D eigenvalue weighted by Crippen LogP contribution is 2.42. The molecule has 0 aliphatic carbocycles. The summed E-state index contributed by atoms with van der Waals surface area (Å²) in [6, 6.07) is 15.8. The van der Waals surface area contributed by atoms with Gasteiger partial charge in [-0.25, -0.2) is 9.97 Å². The van der Waals surface area contributed by atoms with E-state index in [4.69, 9.17) is 9.97 Å². The summed E-state index contributed by atoms with van der Waals surface area (Å²) in [5.41, 5.74) is 6.97. The maximum absolute atomic E-state index is 11.1. The fourth-order valence-corrected chi connectivity index (χ4v) is 4.74. The lowest BCUT2D eigenvalue weighted by molar-refractivity contribution is 0.456. The molecule has 0 unspecified atom stereocenters. The third-order valence-electron chi connectivity index (χ3n) is 6.16. The molecular formula is C24H16N4O2. The first-order valence-electron chi connectivity index (χ1n) is 9.81. The van der Waals surface area contributed by atoms with Gasteiger partial charge in [0.15, 0.2) is 0 Å². The topological polar surface area (TPSA) is 75.1 Å². The van der Waals surface area contributed by atoms with Crippen molar-refractivity contribution in [2.45, 2.75) is 13.8 Å². The minimum atomic E-state index is 0.154. The number of aromatic hydroxyl groups is 2. The SMILES string of the molecule is Cc1ccc2nc3c4cc5c(O)n6c7cc(C)ccc7nc6c5cc4c(O)n3c2c1. The average Bonchev–Trinajstić information content (AvgIpc) is 3.42. The van der Waals surface area contributed by atoms with E-state index in [-0.39, 0.29) is 11.8 Å². The molecule has 6 nitrogen and oxygen atoms in total. The van der Waals surface area contributed by atoms with Crippen LogP contribution >= 0.6 is 0 Å². The summed E-state index contributed by atoms with van der Waals surface area (Å²) in [5, 5.41) is 25.2. The Kier molecular flexibility index (Phi) is 2.59. The minimum Gasteiger partial charge on any atom is -0.494 e. The van der Waals surface area contributed by atoms with Crippen molar-refractivity contribution in [3.05, 3.63) is 59.7 Å². The predicted molar refractivity (Wildman–Crippen MR) is 118 cm³/mol. The van der Waals surface area contributed by atoms with E-state index >= 15 is 0 Å². The van der Waals surface area contributed by atoms with Gasteiger partial charge < -0.3 is 10.2 Å². The van der Waals surface area contributed by atoms with Gasteiger partial charge in [-0.15, -0.1) is 0 Å². The zero-order valence-corrected chi connectivity index (χ0v) is 16.3. The van der Waals surface area contributed by atoms with E-state index < -0.39 is 0 Å². The van der Waals surface area contributed by atoms with Gasteiger partial charge in [0.25, 0.3) is 0 Å². The molecule has 3 aromatic carbocycles. The summed E-state index contributed by atoms with van der Waals surface area (Å²) in [5.74, 6) is 0.307. The molecule has 0 saturated heterocycles. The van der Waals surface area contributed by atoms with E-state index in [1.165, 1.54) is 0 Å². The molecule has 0 bridgehead atoms. The molecule has 0 spiro atoms. The van der Waals surface area contributed by atoms with Gasteiger partial charge >= 0.3 is 0 Å². The third kappa shape index (κ3) is 1.71. The molecule has 144 valence electrons. The Morgan fingerprint density at radius 3 is 1.47 bits per heavy atom. The van der Waals surface area contributed by atoms with Crippen molar-refractivity contribution in [2.24, 2.45) is 0 Å². The molecule has 0 aliphatic rings. The molecule has 30 heavy (non-hydrogen) atoms. The number of hydrogen-bond acceptors (Lipinski definition) is 4. The first-order chi connectivity index (χ1) is 14.5. The molecule has 0 fully saturated rings. The van der Waals surface area contributed by atoms with Crippen LogP contribution in [0, 0.1) is 13.8 Å². The van der Waals surface area contributed by atoms with E-state index in [0.717, 1.165) is 44.0 Å². The Hall–Kier alpha value is -4.06. The number of fused-ring (bicyclic) bond motifs is 10. The second-order valence-corrected chi connectivity index (χ2v) is 8.12. The van der Waals surface area contributed by atoms with Crippen LogP contribution in [0.3, 0.4) is 0 Å². The van der Waals surface area contributed by atoms with E-state index in [0.29, 0.717) is 22.1 Å². The molecule has 0 atom stereocenters. The van der Waals surface area contributed by atoms with Crippen molar-refractivity contribution >= 4 is 54.9 Å². The molecule has 0 amide bonds. The lowest BCUT2D eigenvalue weighted by atomic mass is 10.1. The van der Waals surface area contributed by atoms with Crippen LogP contribution in [-0.2, 0) is 0 Å².